The van der Waals surface area contributed by atoms with Gasteiger partial charge in [-0.25, -0.2) is 13.5 Å². The van der Waals surface area contributed by atoms with E-state index in [1.54, 1.807) is 12.1 Å². The van der Waals surface area contributed by atoms with Gasteiger partial charge in [0.15, 0.2) is 17.4 Å². The van der Waals surface area contributed by atoms with Crippen LogP contribution in [0.25, 0.3) is 11.3 Å². The zero-order chi connectivity index (χ0) is 20.3. The quantitative estimate of drug-likeness (QED) is 0.705. The van der Waals surface area contributed by atoms with Gasteiger partial charge < -0.3 is 9.73 Å². The Morgan fingerprint density at radius 3 is 2.61 bits per heavy atom. The van der Waals surface area contributed by atoms with Crippen molar-refractivity contribution in [2.24, 2.45) is 5.92 Å². The monoisotopic (exact) mass is 387 g/mol. The molecule has 3 rings (SSSR count). The lowest BCUT2D eigenvalue weighted by molar-refractivity contribution is 0.0890. The lowest BCUT2D eigenvalue weighted by Crippen LogP contribution is -2.43. The highest BCUT2D eigenvalue weighted by atomic mass is 19.2. The largest absolute Gasteiger partial charge is 0.459 e. The molecule has 28 heavy (non-hydrogen) atoms. The predicted octanol–water partition coefficient (Wildman–Crippen LogP) is 3.24. The maximum atomic E-state index is 13.5. The first-order valence-electron chi connectivity index (χ1n) is 8.73. The number of carbonyl (C=O) groups is 1. The first kappa shape index (κ1) is 19.5. The van der Waals surface area contributed by atoms with Crippen LogP contribution in [0.2, 0.25) is 0 Å². The van der Waals surface area contributed by atoms with Crippen molar-refractivity contribution in [2.75, 3.05) is 0 Å². The van der Waals surface area contributed by atoms with Gasteiger partial charge in [0.25, 0.3) is 11.5 Å². The smallest absolute Gasteiger partial charge is 0.287 e. The van der Waals surface area contributed by atoms with Crippen LogP contribution >= 0.6 is 0 Å². The minimum Gasteiger partial charge on any atom is -0.459 e. The Kier molecular flexibility index (Phi) is 5.67. The van der Waals surface area contributed by atoms with E-state index >= 15 is 0 Å². The summed E-state index contributed by atoms with van der Waals surface area (Å²) in [7, 11) is 0. The molecule has 3 aromatic rings. The molecule has 0 saturated heterocycles. The van der Waals surface area contributed by atoms with Crippen LogP contribution in [0.15, 0.2) is 57.9 Å². The molecule has 0 radical (unpaired) electrons. The van der Waals surface area contributed by atoms with Crippen molar-refractivity contribution in [1.29, 1.82) is 0 Å². The van der Waals surface area contributed by atoms with Crippen LogP contribution in [0.4, 0.5) is 8.78 Å². The van der Waals surface area contributed by atoms with Crippen LogP contribution in [-0.2, 0) is 6.54 Å². The highest BCUT2D eigenvalue weighted by molar-refractivity contribution is 5.91. The van der Waals surface area contributed by atoms with E-state index in [1.165, 1.54) is 29.1 Å². The summed E-state index contributed by atoms with van der Waals surface area (Å²) in [4.78, 5) is 24.5. The summed E-state index contributed by atoms with van der Waals surface area (Å²) in [6.07, 6.45) is 1.40. The summed E-state index contributed by atoms with van der Waals surface area (Å²) in [5, 5.41) is 7.07. The topological polar surface area (TPSA) is 77.1 Å². The fraction of sp³-hybridized carbons (Fsp3) is 0.250. The molecule has 0 unspecified atom stereocenters. The Balaban J connectivity index is 1.85. The van der Waals surface area contributed by atoms with Crippen LogP contribution in [-0.4, -0.2) is 21.7 Å². The molecule has 0 aliphatic heterocycles. The van der Waals surface area contributed by atoms with E-state index < -0.39 is 23.6 Å². The number of aromatic nitrogens is 2. The minimum atomic E-state index is -0.997. The Morgan fingerprint density at radius 2 is 1.96 bits per heavy atom. The van der Waals surface area contributed by atoms with Gasteiger partial charge in [0.05, 0.1) is 24.5 Å². The number of halogens is 2. The Bertz CT molecular complexity index is 1030. The summed E-state index contributed by atoms with van der Waals surface area (Å²) < 4.78 is 33.0. The van der Waals surface area contributed by atoms with Crippen LogP contribution < -0.4 is 10.9 Å². The zero-order valence-corrected chi connectivity index (χ0v) is 15.4. The van der Waals surface area contributed by atoms with Crippen LogP contribution in [0, 0.1) is 17.6 Å². The second-order valence-electron chi connectivity index (χ2n) is 6.67. The van der Waals surface area contributed by atoms with Crippen molar-refractivity contribution in [2.45, 2.75) is 26.4 Å². The van der Waals surface area contributed by atoms with Crippen molar-refractivity contribution >= 4 is 5.91 Å². The number of nitrogens with zero attached hydrogens (tertiary/aromatic N) is 2. The fourth-order valence-electron chi connectivity index (χ4n) is 2.65. The molecule has 1 N–H and O–H groups in total. The molecule has 8 heteroatoms. The second-order valence-corrected chi connectivity index (χ2v) is 6.67. The lowest BCUT2D eigenvalue weighted by Gasteiger charge is -2.22. The first-order valence-corrected chi connectivity index (χ1v) is 8.73. The highest BCUT2D eigenvalue weighted by Gasteiger charge is 2.20. The van der Waals surface area contributed by atoms with Gasteiger partial charge in [0, 0.05) is 11.6 Å². The van der Waals surface area contributed by atoms with Gasteiger partial charge >= 0.3 is 0 Å². The molecule has 146 valence electrons. The summed E-state index contributed by atoms with van der Waals surface area (Å²) in [6.45, 7) is 3.91. The van der Waals surface area contributed by atoms with Gasteiger partial charge in [-0.3, -0.25) is 9.59 Å². The van der Waals surface area contributed by atoms with Gasteiger partial charge in [-0.1, -0.05) is 13.8 Å². The van der Waals surface area contributed by atoms with Gasteiger partial charge in [-0.05, 0) is 42.3 Å². The number of hydrogen-bond acceptors (Lipinski definition) is 4. The van der Waals surface area contributed by atoms with Crippen LogP contribution in [0.3, 0.4) is 0 Å². The van der Waals surface area contributed by atoms with E-state index in [9.17, 15) is 18.4 Å². The van der Waals surface area contributed by atoms with Crippen molar-refractivity contribution < 1.29 is 18.0 Å². The number of rotatable bonds is 6. The number of hydrogen-bond donors (Lipinski definition) is 1. The van der Waals surface area contributed by atoms with Gasteiger partial charge in [0.1, 0.15) is 0 Å². The molecule has 1 amide bonds. The molecule has 6 nitrogen and oxygen atoms in total. The summed E-state index contributed by atoms with van der Waals surface area (Å²) in [5.74, 6) is -2.19. The maximum absolute atomic E-state index is 13.5. The number of nitrogens with one attached hydrogen (secondary N) is 1. The third-order valence-corrected chi connectivity index (χ3v) is 4.32. The number of carbonyl (C=O) groups excluding carboxylic acids is 1. The van der Waals surface area contributed by atoms with Gasteiger partial charge in [0.2, 0.25) is 0 Å². The molecule has 0 fully saturated rings. The van der Waals surface area contributed by atoms with Crippen LogP contribution in [0.5, 0.6) is 0 Å². The van der Waals surface area contributed by atoms with Crippen molar-refractivity contribution in [3.63, 3.8) is 0 Å². The Hall–Kier alpha value is -3.29. The van der Waals surface area contributed by atoms with Gasteiger partial charge in [-0.2, -0.15) is 5.10 Å². The zero-order valence-electron chi connectivity index (χ0n) is 15.4. The van der Waals surface area contributed by atoms with Gasteiger partial charge in [-0.15, -0.1) is 0 Å². The fourth-order valence-corrected chi connectivity index (χ4v) is 2.65. The Morgan fingerprint density at radius 1 is 1.18 bits per heavy atom. The van der Waals surface area contributed by atoms with Crippen molar-refractivity contribution in [3.8, 4) is 11.3 Å². The lowest BCUT2D eigenvalue weighted by atomic mass is 10.0. The standard InChI is InChI=1S/C20H19F2N3O3/c1-12(2)17(23-20(27)18-4-3-9-28-18)11-25-19(26)8-7-16(24-25)13-5-6-14(21)15(22)10-13/h3-10,12,17H,11H2,1-2H3,(H,23,27)/t17-/m0/s1. The second kappa shape index (κ2) is 8.16. The summed E-state index contributed by atoms with van der Waals surface area (Å²) in [5.41, 5.74) is 0.288. The number of furan rings is 1. The molecule has 0 aliphatic carbocycles. The third kappa shape index (κ3) is 4.33. The molecular formula is C20H19F2N3O3. The minimum absolute atomic E-state index is 0.000432. The van der Waals surface area contributed by atoms with E-state index in [4.69, 9.17) is 4.42 Å². The number of amides is 1. The average Bonchev–Trinajstić information content (AvgIpc) is 3.20. The molecule has 2 heterocycles. The summed E-state index contributed by atoms with van der Waals surface area (Å²) >= 11 is 0. The third-order valence-electron chi connectivity index (χ3n) is 4.32. The van der Waals surface area contributed by atoms with E-state index in [0.29, 0.717) is 11.3 Å². The van der Waals surface area contributed by atoms with E-state index in [1.807, 2.05) is 13.8 Å². The van der Waals surface area contributed by atoms with E-state index in [2.05, 4.69) is 10.4 Å². The normalized spacial score (nSPS) is 12.2. The molecular weight excluding hydrogens is 368 g/mol. The van der Waals surface area contributed by atoms with Crippen molar-refractivity contribution in [1.82, 2.24) is 15.1 Å². The first-order chi connectivity index (χ1) is 13.3. The molecule has 0 aliphatic rings. The van der Waals surface area contributed by atoms with Crippen LogP contribution in [0.1, 0.15) is 24.4 Å². The highest BCUT2D eigenvalue weighted by Crippen LogP contribution is 2.18. The molecule has 0 saturated carbocycles. The predicted molar refractivity (Wildman–Crippen MR) is 98.6 cm³/mol. The molecule has 1 aromatic carbocycles. The SMILES string of the molecule is CC(C)[C@H](Cn1nc(-c2ccc(F)c(F)c2)ccc1=O)NC(=O)c1ccco1. The summed E-state index contributed by atoms with van der Waals surface area (Å²) in [6, 6.07) is 8.90. The molecule has 1 atom stereocenters. The average molecular weight is 387 g/mol. The molecule has 0 bridgehead atoms. The van der Waals surface area contributed by atoms with Crippen molar-refractivity contribution in [3.05, 3.63) is 76.5 Å². The number of benzene rings is 1. The van der Waals surface area contributed by atoms with E-state index in [0.717, 1.165) is 12.1 Å². The maximum Gasteiger partial charge on any atom is 0.287 e. The molecule has 0 spiro atoms. The Labute approximate surface area is 159 Å². The molecule has 2 aromatic heterocycles. The van der Waals surface area contributed by atoms with E-state index in [-0.39, 0.29) is 23.8 Å².